The smallest absolute Gasteiger partial charge is 0.269 e. The lowest BCUT2D eigenvalue weighted by atomic mass is 10.4. The van der Waals surface area contributed by atoms with E-state index in [9.17, 15) is 4.79 Å². The Hall–Kier alpha value is -2.22. The minimum Gasteiger partial charge on any atom is -0.382 e. The molecule has 0 atom stereocenters. The third-order valence-electron chi connectivity index (χ3n) is 2.86. The van der Waals surface area contributed by atoms with Crippen LogP contribution in [-0.2, 0) is 13.1 Å². The van der Waals surface area contributed by atoms with Crippen LogP contribution in [0.15, 0.2) is 23.4 Å². The van der Waals surface area contributed by atoms with Crippen LogP contribution in [0.4, 0.5) is 5.69 Å². The quantitative estimate of drug-likeness (QED) is 0.665. The molecule has 2 N–H and O–H groups in total. The molecule has 0 unspecified atom stereocenters. The fourth-order valence-corrected chi connectivity index (χ4v) is 1.79. The molecule has 8 nitrogen and oxygen atoms in total. The van der Waals surface area contributed by atoms with Crippen molar-refractivity contribution in [2.45, 2.75) is 20.0 Å². The van der Waals surface area contributed by atoms with Gasteiger partial charge in [-0.3, -0.25) is 4.79 Å². The highest BCUT2D eigenvalue weighted by Gasteiger charge is 2.06. The van der Waals surface area contributed by atoms with Crippen LogP contribution in [0.1, 0.15) is 12.7 Å². The lowest BCUT2D eigenvalue weighted by molar-refractivity contribution is 0.551. The summed E-state index contributed by atoms with van der Waals surface area (Å²) < 4.78 is 3.12. The summed E-state index contributed by atoms with van der Waals surface area (Å²) >= 11 is 0. The molecule has 2 heterocycles. The van der Waals surface area contributed by atoms with E-state index in [1.54, 1.807) is 10.9 Å². The Morgan fingerprint density at radius 1 is 1.25 bits per heavy atom. The van der Waals surface area contributed by atoms with Gasteiger partial charge in [-0.15, -0.1) is 0 Å². The predicted octanol–water partition coefficient (Wildman–Crippen LogP) is -0.466. The van der Waals surface area contributed by atoms with E-state index in [2.05, 4.69) is 25.8 Å². The fraction of sp³-hybridized carbons (Fsp3) is 0.500. The van der Waals surface area contributed by atoms with Crippen LogP contribution in [0.25, 0.3) is 0 Å². The third-order valence-corrected chi connectivity index (χ3v) is 2.86. The van der Waals surface area contributed by atoms with Gasteiger partial charge in [0.15, 0.2) is 0 Å². The van der Waals surface area contributed by atoms with Crippen LogP contribution in [0.2, 0.25) is 0 Å². The van der Waals surface area contributed by atoms with Gasteiger partial charge < -0.3 is 10.6 Å². The van der Waals surface area contributed by atoms with Gasteiger partial charge in [0, 0.05) is 25.7 Å². The SMILES string of the molecule is CCn1ncnc1Cn1ncc(NCCNC)cc1=O. The van der Waals surface area contributed by atoms with Crippen molar-refractivity contribution in [1.82, 2.24) is 29.9 Å². The molecular formula is C12H19N7O. The van der Waals surface area contributed by atoms with Crippen LogP contribution >= 0.6 is 0 Å². The van der Waals surface area contributed by atoms with Crippen LogP contribution in [0.3, 0.4) is 0 Å². The maximum absolute atomic E-state index is 12.0. The molecule has 0 aliphatic heterocycles. The number of nitrogens with one attached hydrogen (secondary N) is 2. The lowest BCUT2D eigenvalue weighted by Crippen LogP contribution is -2.25. The van der Waals surface area contributed by atoms with Crippen molar-refractivity contribution in [2.75, 3.05) is 25.5 Å². The molecule has 0 saturated carbocycles. The lowest BCUT2D eigenvalue weighted by Gasteiger charge is -2.08. The van der Waals surface area contributed by atoms with E-state index < -0.39 is 0 Å². The highest BCUT2D eigenvalue weighted by atomic mass is 16.1. The van der Waals surface area contributed by atoms with Crippen LogP contribution in [0.5, 0.6) is 0 Å². The number of anilines is 1. The van der Waals surface area contributed by atoms with Gasteiger partial charge in [0.05, 0.1) is 11.9 Å². The first-order chi connectivity index (χ1) is 9.74. The van der Waals surface area contributed by atoms with Gasteiger partial charge in [0.2, 0.25) is 0 Å². The number of hydrogen-bond donors (Lipinski definition) is 2. The van der Waals surface area contributed by atoms with Gasteiger partial charge >= 0.3 is 0 Å². The van der Waals surface area contributed by atoms with Crippen molar-refractivity contribution in [3.63, 3.8) is 0 Å². The fourth-order valence-electron chi connectivity index (χ4n) is 1.79. The molecule has 0 radical (unpaired) electrons. The molecule has 0 bridgehead atoms. The third kappa shape index (κ3) is 3.41. The molecule has 2 rings (SSSR count). The second-order valence-electron chi connectivity index (χ2n) is 4.26. The van der Waals surface area contributed by atoms with E-state index in [1.165, 1.54) is 17.1 Å². The molecule has 0 aliphatic carbocycles. The Morgan fingerprint density at radius 3 is 2.80 bits per heavy atom. The summed E-state index contributed by atoms with van der Waals surface area (Å²) in [6.45, 7) is 4.58. The topological polar surface area (TPSA) is 89.7 Å². The number of nitrogens with zero attached hydrogens (tertiary/aromatic N) is 5. The standard InChI is InChI=1S/C12H19N7O/c1-3-18-11(15-9-17-18)8-19-12(20)6-10(7-16-19)14-5-4-13-2/h6-7,9,13-14H,3-5,8H2,1-2H3. The summed E-state index contributed by atoms with van der Waals surface area (Å²) in [5, 5.41) is 14.4. The van der Waals surface area contributed by atoms with Crippen molar-refractivity contribution in [3.8, 4) is 0 Å². The Kier molecular flexibility index (Phi) is 4.83. The molecular weight excluding hydrogens is 258 g/mol. The van der Waals surface area contributed by atoms with Crippen LogP contribution < -0.4 is 16.2 Å². The summed E-state index contributed by atoms with van der Waals surface area (Å²) in [6, 6.07) is 1.54. The first-order valence-corrected chi connectivity index (χ1v) is 6.57. The second-order valence-corrected chi connectivity index (χ2v) is 4.26. The number of aromatic nitrogens is 5. The average molecular weight is 277 g/mol. The molecule has 108 valence electrons. The number of aryl methyl sites for hydroxylation is 1. The summed E-state index contributed by atoms with van der Waals surface area (Å²) in [5.41, 5.74) is 0.559. The Labute approximate surface area is 116 Å². The molecule has 0 saturated heterocycles. The summed E-state index contributed by atoms with van der Waals surface area (Å²) in [7, 11) is 1.88. The molecule has 0 fully saturated rings. The molecule has 8 heteroatoms. The minimum atomic E-state index is -0.162. The Bertz CT molecular complexity index is 604. The summed E-state index contributed by atoms with van der Waals surface area (Å²) in [4.78, 5) is 16.1. The highest BCUT2D eigenvalue weighted by Crippen LogP contribution is 2.00. The van der Waals surface area contributed by atoms with Gasteiger partial charge in [0.1, 0.15) is 18.7 Å². The molecule has 0 spiro atoms. The summed E-state index contributed by atoms with van der Waals surface area (Å²) in [5.74, 6) is 0.720. The minimum absolute atomic E-state index is 0.162. The van der Waals surface area contributed by atoms with Gasteiger partial charge in [-0.1, -0.05) is 0 Å². The monoisotopic (exact) mass is 277 g/mol. The molecule has 20 heavy (non-hydrogen) atoms. The van der Waals surface area contributed by atoms with Gasteiger partial charge in [0.25, 0.3) is 5.56 Å². The number of rotatable bonds is 7. The second kappa shape index (κ2) is 6.80. The average Bonchev–Trinajstić information content (AvgIpc) is 2.89. The van der Waals surface area contributed by atoms with Gasteiger partial charge in [-0.2, -0.15) is 10.2 Å². The van der Waals surface area contributed by atoms with Crippen molar-refractivity contribution in [2.24, 2.45) is 0 Å². The first kappa shape index (κ1) is 14.2. The highest BCUT2D eigenvalue weighted by molar-refractivity contribution is 5.38. The molecule has 2 aromatic rings. The van der Waals surface area contributed by atoms with Crippen molar-refractivity contribution < 1.29 is 0 Å². The zero-order valence-corrected chi connectivity index (χ0v) is 11.7. The van der Waals surface area contributed by atoms with E-state index in [0.717, 1.165) is 24.6 Å². The largest absolute Gasteiger partial charge is 0.382 e. The maximum atomic E-state index is 12.0. The van der Waals surface area contributed by atoms with Gasteiger partial charge in [-0.25, -0.2) is 14.3 Å². The van der Waals surface area contributed by atoms with E-state index in [4.69, 9.17) is 0 Å². The molecule has 2 aromatic heterocycles. The maximum Gasteiger partial charge on any atom is 0.269 e. The molecule has 0 aliphatic rings. The summed E-state index contributed by atoms with van der Waals surface area (Å²) in [6.07, 6.45) is 3.13. The van der Waals surface area contributed by atoms with E-state index in [1.807, 2.05) is 14.0 Å². The first-order valence-electron chi connectivity index (χ1n) is 6.57. The number of hydrogen-bond acceptors (Lipinski definition) is 6. The van der Waals surface area contributed by atoms with Crippen LogP contribution in [-0.4, -0.2) is 44.7 Å². The zero-order valence-electron chi connectivity index (χ0n) is 11.7. The van der Waals surface area contributed by atoms with E-state index in [0.29, 0.717) is 13.1 Å². The Morgan fingerprint density at radius 2 is 2.10 bits per heavy atom. The van der Waals surface area contributed by atoms with Crippen LogP contribution in [0, 0.1) is 0 Å². The molecule has 0 aromatic carbocycles. The zero-order chi connectivity index (χ0) is 14.4. The van der Waals surface area contributed by atoms with E-state index >= 15 is 0 Å². The number of likely N-dealkylation sites (N-methyl/N-ethyl adjacent to an activating group) is 1. The van der Waals surface area contributed by atoms with Crippen molar-refractivity contribution in [1.29, 1.82) is 0 Å². The van der Waals surface area contributed by atoms with Crippen molar-refractivity contribution >= 4 is 5.69 Å². The normalized spacial score (nSPS) is 10.7. The van der Waals surface area contributed by atoms with Crippen molar-refractivity contribution in [3.05, 3.63) is 34.8 Å². The predicted molar refractivity (Wildman–Crippen MR) is 75.7 cm³/mol. The Balaban J connectivity index is 2.08. The van der Waals surface area contributed by atoms with E-state index in [-0.39, 0.29) is 5.56 Å². The molecule has 0 amide bonds. The van der Waals surface area contributed by atoms with Gasteiger partial charge in [-0.05, 0) is 14.0 Å².